The zero-order valence-electron chi connectivity index (χ0n) is 17.7. The molecule has 1 heterocycles. The van der Waals surface area contributed by atoms with Gasteiger partial charge in [-0.1, -0.05) is 17.7 Å². The van der Waals surface area contributed by atoms with Crippen molar-refractivity contribution in [1.82, 2.24) is 9.97 Å². The lowest BCUT2D eigenvalue weighted by molar-refractivity contribution is -0.156. The van der Waals surface area contributed by atoms with Gasteiger partial charge in [-0.15, -0.1) is 0 Å². The molecule has 0 atom stereocenters. The van der Waals surface area contributed by atoms with Crippen LogP contribution in [0.1, 0.15) is 11.1 Å². The fraction of sp³-hybridized carbons (Fsp3) is 0.125. The number of anilines is 2. The number of nitrogens with one attached hydrogen (secondary N) is 1. The topological polar surface area (TPSA) is 64.1 Å². The molecule has 5 nitrogen and oxygen atoms in total. The fourth-order valence-electron chi connectivity index (χ4n) is 2.83. The van der Waals surface area contributed by atoms with E-state index in [1.807, 2.05) is 36.4 Å². The van der Waals surface area contributed by atoms with Crippen LogP contribution in [-0.4, -0.2) is 22.4 Å². The molecule has 0 spiro atoms. The molecule has 1 N–H and O–H groups in total. The first kappa shape index (κ1) is 24.0. The molecule has 0 aliphatic rings. The Morgan fingerprint density at radius 3 is 2.27 bits per heavy atom. The first-order chi connectivity index (χ1) is 15.6. The van der Waals surface area contributed by atoms with E-state index in [1.54, 1.807) is 18.5 Å². The van der Waals surface area contributed by atoms with E-state index in [0.29, 0.717) is 5.02 Å². The summed E-state index contributed by atoms with van der Waals surface area (Å²) in [6, 6.07) is 19.2. The first-order valence-corrected chi connectivity index (χ1v) is 10.1. The van der Waals surface area contributed by atoms with Gasteiger partial charge < -0.3 is 10.1 Å². The van der Waals surface area contributed by atoms with Gasteiger partial charge in [-0.05, 0) is 73.5 Å². The second kappa shape index (κ2) is 10.3. The summed E-state index contributed by atoms with van der Waals surface area (Å²) in [5.74, 6) is 2.23. The molecule has 4 aromatic rings. The molecule has 0 aliphatic heterocycles. The molecule has 0 radical (unpaired) electrons. The number of carbonyl (C=O) groups is 1. The van der Waals surface area contributed by atoms with Gasteiger partial charge in [-0.3, -0.25) is 4.79 Å². The van der Waals surface area contributed by atoms with Crippen molar-refractivity contribution in [2.24, 2.45) is 0 Å². The van der Waals surface area contributed by atoms with E-state index in [0.717, 1.165) is 33.9 Å². The second-order valence-corrected chi connectivity index (χ2v) is 7.48. The summed E-state index contributed by atoms with van der Waals surface area (Å²) in [6.07, 6.45) is -4.12. The number of ether oxygens (including phenoxy) is 1. The van der Waals surface area contributed by atoms with Gasteiger partial charge in [0, 0.05) is 22.2 Å². The Hall–Kier alpha value is -3.65. The van der Waals surface area contributed by atoms with E-state index >= 15 is 0 Å². The molecule has 1 aromatic heterocycles. The fourth-order valence-corrected chi connectivity index (χ4v) is 2.95. The second-order valence-electron chi connectivity index (χ2n) is 7.04. The van der Waals surface area contributed by atoms with Crippen molar-refractivity contribution in [2.45, 2.75) is 20.0 Å². The third-order valence-corrected chi connectivity index (χ3v) is 4.78. The summed E-state index contributed by atoms with van der Waals surface area (Å²) in [5.41, 5.74) is 4.23. The van der Waals surface area contributed by atoms with Crippen LogP contribution in [0.3, 0.4) is 0 Å². The maximum atomic E-state index is 10.4. The summed E-state index contributed by atoms with van der Waals surface area (Å²) in [7, 11) is 0. The molecule has 0 fully saturated rings. The van der Waals surface area contributed by atoms with Crippen molar-refractivity contribution in [3.63, 3.8) is 0 Å². The van der Waals surface area contributed by atoms with E-state index < -0.39 is 12.5 Å². The molecule has 0 amide bonds. The van der Waals surface area contributed by atoms with E-state index in [2.05, 4.69) is 41.3 Å². The van der Waals surface area contributed by atoms with E-state index in [9.17, 15) is 13.2 Å². The molecule has 170 valence electrons. The van der Waals surface area contributed by atoms with Crippen molar-refractivity contribution in [2.75, 3.05) is 5.32 Å². The van der Waals surface area contributed by atoms with Crippen LogP contribution in [-0.2, 0) is 4.79 Å². The molecule has 0 bridgehead atoms. The molecule has 4 rings (SSSR count). The number of rotatable bonds is 4. The van der Waals surface area contributed by atoms with Crippen LogP contribution in [0.15, 0.2) is 67.0 Å². The van der Waals surface area contributed by atoms with Crippen molar-refractivity contribution >= 4 is 40.3 Å². The number of hydrogen-bond acceptors (Lipinski definition) is 5. The first-order valence-electron chi connectivity index (χ1n) is 9.70. The van der Waals surface area contributed by atoms with E-state index in [1.165, 1.54) is 11.1 Å². The Morgan fingerprint density at radius 2 is 1.61 bits per heavy atom. The number of alkyl halides is 3. The Bertz CT molecular complexity index is 1260. The number of aromatic nitrogens is 2. The highest BCUT2D eigenvalue weighted by molar-refractivity contribution is 6.30. The number of aryl methyl sites for hydroxylation is 2. The van der Waals surface area contributed by atoms with Gasteiger partial charge in [0.25, 0.3) is 0 Å². The Kier molecular flexibility index (Phi) is 7.50. The zero-order chi connectivity index (χ0) is 24.0. The predicted octanol–water partition coefficient (Wildman–Crippen LogP) is 7.18. The minimum atomic E-state index is -4.64. The van der Waals surface area contributed by atoms with Gasteiger partial charge in [0.2, 0.25) is 6.29 Å². The number of hydrogen-bond donors (Lipinski definition) is 1. The third-order valence-electron chi connectivity index (χ3n) is 4.53. The number of carbonyl (C=O) groups excluding carboxylic acids is 1. The highest BCUT2D eigenvalue weighted by atomic mass is 35.5. The van der Waals surface area contributed by atoms with E-state index in [-0.39, 0.29) is 0 Å². The van der Waals surface area contributed by atoms with Gasteiger partial charge in [0.1, 0.15) is 23.6 Å². The SMILES string of the molecule is Cc1cc2ncnc(Nc3cccc(Oc4ccc(Cl)cc4)c3)c2cc1C.O=CC(F)(F)F. The minimum Gasteiger partial charge on any atom is -0.457 e. The highest BCUT2D eigenvalue weighted by Crippen LogP contribution is 2.29. The largest absolute Gasteiger partial charge is 0.457 e. The number of benzene rings is 3. The van der Waals surface area contributed by atoms with Crippen molar-refractivity contribution < 1.29 is 22.7 Å². The van der Waals surface area contributed by atoms with Crippen molar-refractivity contribution in [3.05, 3.63) is 83.1 Å². The molecule has 0 saturated carbocycles. The highest BCUT2D eigenvalue weighted by Gasteiger charge is 2.24. The van der Waals surface area contributed by atoms with Crippen molar-refractivity contribution in [1.29, 1.82) is 0 Å². The smallest absolute Gasteiger partial charge is 0.446 e. The minimum absolute atomic E-state index is 0.680. The van der Waals surface area contributed by atoms with E-state index in [4.69, 9.17) is 21.1 Å². The van der Waals surface area contributed by atoms with Crippen molar-refractivity contribution in [3.8, 4) is 11.5 Å². The monoisotopic (exact) mass is 473 g/mol. The van der Waals surface area contributed by atoms with Crippen LogP contribution in [0.25, 0.3) is 10.9 Å². The van der Waals surface area contributed by atoms with Gasteiger partial charge >= 0.3 is 6.18 Å². The summed E-state index contributed by atoms with van der Waals surface area (Å²) in [6.45, 7) is 4.17. The number of halogens is 4. The van der Waals surface area contributed by atoms with Gasteiger partial charge in [-0.25, -0.2) is 9.97 Å². The molecule has 0 saturated heterocycles. The molecular formula is C24H19ClF3N3O2. The third kappa shape index (κ3) is 6.92. The Labute approximate surface area is 193 Å². The average molecular weight is 474 g/mol. The summed E-state index contributed by atoms with van der Waals surface area (Å²) < 4.78 is 37.2. The lowest BCUT2D eigenvalue weighted by atomic mass is 10.1. The van der Waals surface area contributed by atoms with Gasteiger partial charge in [-0.2, -0.15) is 13.2 Å². The predicted molar refractivity (Wildman–Crippen MR) is 122 cm³/mol. The molecule has 0 aliphatic carbocycles. The van der Waals surface area contributed by atoms with Crippen LogP contribution in [0.4, 0.5) is 24.7 Å². The molecular weight excluding hydrogens is 455 g/mol. The summed E-state index contributed by atoms with van der Waals surface area (Å²) in [4.78, 5) is 17.5. The maximum Gasteiger partial charge on any atom is 0.446 e. The molecule has 3 aromatic carbocycles. The maximum absolute atomic E-state index is 10.4. The molecule has 0 unspecified atom stereocenters. The quantitative estimate of drug-likeness (QED) is 0.318. The number of fused-ring (bicyclic) bond motifs is 1. The Morgan fingerprint density at radius 1 is 0.939 bits per heavy atom. The normalized spacial score (nSPS) is 10.8. The Balaban J connectivity index is 0.000000454. The molecule has 9 heteroatoms. The van der Waals surface area contributed by atoms with Crippen LogP contribution in [0, 0.1) is 13.8 Å². The van der Waals surface area contributed by atoms with Crippen LogP contribution in [0.2, 0.25) is 5.02 Å². The average Bonchev–Trinajstić information content (AvgIpc) is 2.77. The lowest BCUT2D eigenvalue weighted by Crippen LogP contribution is -2.07. The molecule has 33 heavy (non-hydrogen) atoms. The summed E-state index contributed by atoms with van der Waals surface area (Å²) in [5, 5.41) is 5.05. The van der Waals surface area contributed by atoms with Gasteiger partial charge in [0.15, 0.2) is 0 Å². The van der Waals surface area contributed by atoms with Crippen LogP contribution < -0.4 is 10.1 Å². The standard InChI is InChI=1S/C22H18ClN3O.C2HF3O/c1-14-10-20-21(11-15(14)2)24-13-25-22(20)26-17-4-3-5-19(12-17)27-18-8-6-16(23)7-9-18;3-2(4,5)1-6/h3-13H,1-2H3,(H,24,25,26);1H. The summed E-state index contributed by atoms with van der Waals surface area (Å²) >= 11 is 5.92. The van der Waals surface area contributed by atoms with Gasteiger partial charge in [0.05, 0.1) is 5.52 Å². The zero-order valence-corrected chi connectivity index (χ0v) is 18.4. The lowest BCUT2D eigenvalue weighted by Gasteiger charge is -2.12. The number of aldehydes is 1. The van der Waals surface area contributed by atoms with Crippen LogP contribution in [0.5, 0.6) is 11.5 Å². The number of nitrogens with zero attached hydrogens (tertiary/aromatic N) is 2. The van der Waals surface area contributed by atoms with Crippen LogP contribution >= 0.6 is 11.6 Å².